The van der Waals surface area contributed by atoms with Gasteiger partial charge in [-0.2, -0.15) is 17.4 Å². The number of nitrogens with zero attached hydrogens (tertiary/aromatic N) is 1. The molecule has 1 rings (SSSR count). The second-order valence-electron chi connectivity index (χ2n) is 3.66. The molecule has 0 aliphatic carbocycles. The molecule has 84 valence electrons. The second kappa shape index (κ2) is 5.06. The van der Waals surface area contributed by atoms with Crippen molar-refractivity contribution in [2.75, 3.05) is 19.6 Å². The fourth-order valence-corrected chi connectivity index (χ4v) is 2.80. The molecule has 0 aromatic rings. The fraction of sp³-hybridized carbons (Fsp3) is 1.00. The Morgan fingerprint density at radius 3 is 2.43 bits per heavy atom. The van der Waals surface area contributed by atoms with Crippen molar-refractivity contribution in [2.24, 2.45) is 0 Å². The highest BCUT2D eigenvalue weighted by molar-refractivity contribution is 7.87. The molecule has 1 saturated heterocycles. The summed E-state index contributed by atoms with van der Waals surface area (Å²) in [4.78, 5) is 0. The predicted octanol–water partition coefficient (Wildman–Crippen LogP) is -0.312. The quantitative estimate of drug-likeness (QED) is 0.685. The van der Waals surface area contributed by atoms with Gasteiger partial charge in [0, 0.05) is 19.6 Å². The topological polar surface area (TPSA) is 69.6 Å². The minimum atomic E-state index is -3.36. The van der Waals surface area contributed by atoms with Crippen LogP contribution in [0.25, 0.3) is 0 Å². The molecule has 0 amide bonds. The summed E-state index contributed by atoms with van der Waals surface area (Å²) in [5.41, 5.74) is 0. The van der Waals surface area contributed by atoms with E-state index in [0.717, 1.165) is 19.3 Å². The van der Waals surface area contributed by atoms with E-state index in [-0.39, 0.29) is 6.54 Å². The first-order valence-electron chi connectivity index (χ1n) is 4.95. The molecular weight excluding hydrogens is 204 g/mol. The summed E-state index contributed by atoms with van der Waals surface area (Å²) in [5, 5.41) is 8.97. The molecule has 6 heteroatoms. The summed E-state index contributed by atoms with van der Waals surface area (Å²) >= 11 is 0. The Kier molecular flexibility index (Phi) is 4.31. The average molecular weight is 222 g/mol. The number of hydrogen-bond donors (Lipinski definition) is 2. The maximum atomic E-state index is 11.6. The molecule has 0 spiro atoms. The van der Waals surface area contributed by atoms with E-state index < -0.39 is 16.3 Å². The fourth-order valence-electron chi connectivity index (χ4n) is 1.42. The van der Waals surface area contributed by atoms with Crippen LogP contribution in [0.1, 0.15) is 26.2 Å². The van der Waals surface area contributed by atoms with Crippen LogP contribution >= 0.6 is 0 Å². The van der Waals surface area contributed by atoms with Gasteiger partial charge in [0.15, 0.2) is 0 Å². The lowest BCUT2D eigenvalue weighted by Crippen LogP contribution is -2.45. The van der Waals surface area contributed by atoms with Crippen molar-refractivity contribution in [2.45, 2.75) is 32.3 Å². The van der Waals surface area contributed by atoms with Crippen LogP contribution in [0.2, 0.25) is 0 Å². The molecule has 14 heavy (non-hydrogen) atoms. The highest BCUT2D eigenvalue weighted by Crippen LogP contribution is 2.11. The molecule has 0 aromatic carbocycles. The molecule has 5 nitrogen and oxygen atoms in total. The molecule has 1 aliphatic rings. The highest BCUT2D eigenvalue weighted by Gasteiger charge is 2.23. The van der Waals surface area contributed by atoms with Gasteiger partial charge in [-0.25, -0.2) is 0 Å². The van der Waals surface area contributed by atoms with Gasteiger partial charge in [-0.1, -0.05) is 6.42 Å². The molecule has 1 atom stereocenters. The van der Waals surface area contributed by atoms with Gasteiger partial charge in [-0.05, 0) is 19.8 Å². The first kappa shape index (κ1) is 11.9. The first-order valence-corrected chi connectivity index (χ1v) is 6.39. The summed E-state index contributed by atoms with van der Waals surface area (Å²) in [5.74, 6) is 0. The standard InChI is InChI=1S/C8H18N2O3S/c1-8(11)7-9-14(12,13)10-5-3-2-4-6-10/h8-9,11H,2-7H2,1H3/t8-/m0/s1. The average Bonchev–Trinajstić information content (AvgIpc) is 2.16. The third kappa shape index (κ3) is 3.53. The van der Waals surface area contributed by atoms with E-state index in [4.69, 9.17) is 5.11 Å². The van der Waals surface area contributed by atoms with Crippen LogP contribution in [-0.4, -0.2) is 43.6 Å². The molecule has 0 radical (unpaired) electrons. The number of nitrogens with one attached hydrogen (secondary N) is 1. The van der Waals surface area contributed by atoms with Gasteiger partial charge in [-0.3, -0.25) is 0 Å². The maximum Gasteiger partial charge on any atom is 0.279 e. The summed E-state index contributed by atoms with van der Waals surface area (Å²) in [6.45, 7) is 2.82. The van der Waals surface area contributed by atoms with E-state index >= 15 is 0 Å². The smallest absolute Gasteiger partial charge is 0.279 e. The second-order valence-corrected chi connectivity index (χ2v) is 5.42. The van der Waals surface area contributed by atoms with Crippen LogP contribution in [0.4, 0.5) is 0 Å². The number of piperidine rings is 1. The number of aliphatic hydroxyl groups excluding tert-OH is 1. The SMILES string of the molecule is C[C@H](O)CNS(=O)(=O)N1CCCCC1. The Bertz CT molecular complexity index is 258. The van der Waals surface area contributed by atoms with Crippen molar-refractivity contribution in [3.05, 3.63) is 0 Å². The third-order valence-electron chi connectivity index (χ3n) is 2.22. The predicted molar refractivity (Wildman–Crippen MR) is 54.0 cm³/mol. The minimum absolute atomic E-state index is 0.0822. The van der Waals surface area contributed by atoms with E-state index in [1.54, 1.807) is 6.92 Å². The monoisotopic (exact) mass is 222 g/mol. The minimum Gasteiger partial charge on any atom is -0.392 e. The van der Waals surface area contributed by atoms with Crippen LogP contribution in [0, 0.1) is 0 Å². The third-order valence-corrected chi connectivity index (χ3v) is 3.79. The van der Waals surface area contributed by atoms with Crippen molar-refractivity contribution in [3.8, 4) is 0 Å². The Morgan fingerprint density at radius 2 is 1.93 bits per heavy atom. The number of rotatable bonds is 4. The first-order chi connectivity index (χ1) is 6.52. The lowest BCUT2D eigenvalue weighted by Gasteiger charge is -2.26. The zero-order valence-electron chi connectivity index (χ0n) is 8.44. The Hall–Kier alpha value is -0.170. The lowest BCUT2D eigenvalue weighted by molar-refractivity contribution is 0.197. The molecule has 0 unspecified atom stereocenters. The van der Waals surface area contributed by atoms with Crippen molar-refractivity contribution in [1.29, 1.82) is 0 Å². The van der Waals surface area contributed by atoms with Crippen LogP contribution in [0.3, 0.4) is 0 Å². The van der Waals surface area contributed by atoms with E-state index in [2.05, 4.69) is 4.72 Å². The van der Waals surface area contributed by atoms with E-state index in [0.29, 0.717) is 13.1 Å². The molecule has 0 saturated carbocycles. The summed E-state index contributed by atoms with van der Waals surface area (Å²) in [6, 6.07) is 0. The van der Waals surface area contributed by atoms with Gasteiger partial charge in [0.25, 0.3) is 10.2 Å². The van der Waals surface area contributed by atoms with Crippen LogP contribution in [0.15, 0.2) is 0 Å². The summed E-state index contributed by atoms with van der Waals surface area (Å²) < 4.78 is 27.0. The van der Waals surface area contributed by atoms with Crippen LogP contribution in [-0.2, 0) is 10.2 Å². The summed E-state index contributed by atoms with van der Waals surface area (Å²) in [6.07, 6.45) is 2.31. The molecule has 1 aliphatic heterocycles. The maximum absolute atomic E-state index is 11.6. The lowest BCUT2D eigenvalue weighted by atomic mass is 10.2. The largest absolute Gasteiger partial charge is 0.392 e. The Labute approximate surface area is 85.3 Å². The summed E-state index contributed by atoms with van der Waals surface area (Å²) in [7, 11) is -3.36. The molecule has 0 aromatic heterocycles. The van der Waals surface area contributed by atoms with Crippen molar-refractivity contribution in [3.63, 3.8) is 0 Å². The van der Waals surface area contributed by atoms with Gasteiger partial charge in [-0.15, -0.1) is 0 Å². The van der Waals surface area contributed by atoms with Crippen molar-refractivity contribution >= 4 is 10.2 Å². The van der Waals surface area contributed by atoms with Crippen molar-refractivity contribution < 1.29 is 13.5 Å². The zero-order valence-corrected chi connectivity index (χ0v) is 9.26. The van der Waals surface area contributed by atoms with Crippen molar-refractivity contribution in [1.82, 2.24) is 9.03 Å². The zero-order chi connectivity index (χ0) is 10.6. The van der Waals surface area contributed by atoms with Gasteiger partial charge in [0.1, 0.15) is 0 Å². The number of hydrogen-bond acceptors (Lipinski definition) is 3. The van der Waals surface area contributed by atoms with Gasteiger partial charge in [0.2, 0.25) is 0 Å². The molecular formula is C8H18N2O3S. The van der Waals surface area contributed by atoms with Crippen LogP contribution in [0.5, 0.6) is 0 Å². The van der Waals surface area contributed by atoms with E-state index in [1.165, 1.54) is 4.31 Å². The Morgan fingerprint density at radius 1 is 1.36 bits per heavy atom. The van der Waals surface area contributed by atoms with Crippen LogP contribution < -0.4 is 4.72 Å². The van der Waals surface area contributed by atoms with E-state index in [9.17, 15) is 8.42 Å². The van der Waals surface area contributed by atoms with Gasteiger partial charge >= 0.3 is 0 Å². The van der Waals surface area contributed by atoms with Gasteiger partial charge < -0.3 is 5.11 Å². The highest BCUT2D eigenvalue weighted by atomic mass is 32.2. The number of aliphatic hydroxyl groups is 1. The molecule has 0 bridgehead atoms. The Balaban J connectivity index is 2.46. The molecule has 1 fully saturated rings. The normalized spacial score (nSPS) is 22.1. The van der Waals surface area contributed by atoms with Gasteiger partial charge in [0.05, 0.1) is 6.10 Å². The van der Waals surface area contributed by atoms with E-state index in [1.807, 2.05) is 0 Å². The molecule has 1 heterocycles. The molecule has 2 N–H and O–H groups in total.